The Bertz CT molecular complexity index is 985. The van der Waals surface area contributed by atoms with Gasteiger partial charge in [-0.25, -0.2) is 0 Å². The first-order valence-corrected chi connectivity index (χ1v) is 11.2. The minimum Gasteiger partial charge on any atom is -0.465 e. The van der Waals surface area contributed by atoms with E-state index in [1.807, 2.05) is 18.2 Å². The second-order valence-electron chi connectivity index (χ2n) is 8.07. The Hall–Kier alpha value is -3.73. The molecule has 1 fully saturated rings. The highest BCUT2D eigenvalue weighted by Crippen LogP contribution is 2.31. The van der Waals surface area contributed by atoms with Crippen LogP contribution in [0.1, 0.15) is 40.2 Å². The number of ketones is 1. The van der Waals surface area contributed by atoms with Crippen molar-refractivity contribution in [2.24, 2.45) is 0 Å². The van der Waals surface area contributed by atoms with E-state index < -0.39 is 54.6 Å². The molecule has 5 atom stereocenters. The van der Waals surface area contributed by atoms with Crippen LogP contribution in [0.25, 0.3) is 0 Å². The maximum absolute atomic E-state index is 12.5. The number of carbonyl (C=O) groups excluding carboxylic acids is 5. The normalized spacial score (nSPS) is 23.7. The van der Waals surface area contributed by atoms with Crippen LogP contribution in [0.2, 0.25) is 0 Å². The van der Waals surface area contributed by atoms with Crippen LogP contribution in [0.3, 0.4) is 0 Å². The Morgan fingerprint density at radius 3 is 1.86 bits per heavy atom. The van der Waals surface area contributed by atoms with Crippen molar-refractivity contribution in [2.75, 3.05) is 6.61 Å². The number of allylic oxidation sites excluding steroid dienone is 2. The van der Waals surface area contributed by atoms with Crippen molar-refractivity contribution in [1.29, 1.82) is 0 Å². The molecular formula is C25H30O11. The van der Waals surface area contributed by atoms with Crippen LogP contribution in [0.5, 0.6) is 0 Å². The molecule has 0 spiro atoms. The molecule has 1 aromatic rings. The van der Waals surface area contributed by atoms with E-state index in [0.717, 1.165) is 26.3 Å². The first-order valence-electron chi connectivity index (χ1n) is 11.2. The van der Waals surface area contributed by atoms with Gasteiger partial charge in [-0.05, 0) is 12.5 Å². The maximum atomic E-state index is 12.5. The summed E-state index contributed by atoms with van der Waals surface area (Å²) < 4.78 is 32.6. The van der Waals surface area contributed by atoms with E-state index in [0.29, 0.717) is 0 Å². The van der Waals surface area contributed by atoms with Gasteiger partial charge in [-0.3, -0.25) is 24.0 Å². The largest absolute Gasteiger partial charge is 0.465 e. The molecule has 196 valence electrons. The second-order valence-corrected chi connectivity index (χ2v) is 8.07. The van der Waals surface area contributed by atoms with Gasteiger partial charge < -0.3 is 28.4 Å². The van der Waals surface area contributed by atoms with Crippen LogP contribution in [0, 0.1) is 0 Å². The smallest absolute Gasteiger partial charge is 0.303 e. The molecule has 2 rings (SSSR count). The molecule has 0 unspecified atom stereocenters. The molecule has 1 aromatic carbocycles. The summed E-state index contributed by atoms with van der Waals surface area (Å²) >= 11 is 0. The summed E-state index contributed by atoms with van der Waals surface area (Å²) in [5, 5.41) is 0. The summed E-state index contributed by atoms with van der Waals surface area (Å²) in [6.07, 6.45) is -5.20. The van der Waals surface area contributed by atoms with Gasteiger partial charge in [0.2, 0.25) is 12.4 Å². The number of rotatable bonds is 10. The molecule has 0 radical (unpaired) electrons. The van der Waals surface area contributed by atoms with Crippen LogP contribution in [0.4, 0.5) is 0 Å². The first-order chi connectivity index (χ1) is 17.0. The average Bonchev–Trinajstić information content (AvgIpc) is 2.76. The van der Waals surface area contributed by atoms with E-state index in [1.165, 1.54) is 19.9 Å². The van der Waals surface area contributed by atoms with Crippen molar-refractivity contribution < 1.29 is 52.4 Å². The van der Waals surface area contributed by atoms with Gasteiger partial charge in [0.1, 0.15) is 18.5 Å². The van der Waals surface area contributed by atoms with E-state index >= 15 is 0 Å². The zero-order chi connectivity index (χ0) is 26.8. The lowest BCUT2D eigenvalue weighted by molar-refractivity contribution is -0.299. The number of carbonyl (C=O) groups is 5. The molecule has 0 aliphatic carbocycles. The van der Waals surface area contributed by atoms with Crippen LogP contribution < -0.4 is 0 Å². The minimum absolute atomic E-state index is 0.122. The number of benzene rings is 1. The molecule has 0 aromatic heterocycles. The topological polar surface area (TPSA) is 141 Å². The number of hydrogen-bond donors (Lipinski definition) is 0. The Labute approximate surface area is 208 Å². The summed E-state index contributed by atoms with van der Waals surface area (Å²) in [5.41, 5.74) is 0.804. The molecule has 11 heteroatoms. The lowest BCUT2D eigenvalue weighted by Gasteiger charge is -2.44. The zero-order valence-electron chi connectivity index (χ0n) is 20.8. The summed E-state index contributed by atoms with van der Waals surface area (Å²) in [4.78, 5) is 59.4. The van der Waals surface area contributed by atoms with Crippen molar-refractivity contribution in [3.8, 4) is 0 Å². The fourth-order valence-corrected chi connectivity index (χ4v) is 3.58. The molecular weight excluding hydrogens is 476 g/mol. The van der Waals surface area contributed by atoms with E-state index in [1.54, 1.807) is 12.1 Å². The van der Waals surface area contributed by atoms with Crippen molar-refractivity contribution in [3.05, 3.63) is 47.7 Å². The molecule has 0 amide bonds. The summed E-state index contributed by atoms with van der Waals surface area (Å²) in [6, 6.07) is 9.08. The van der Waals surface area contributed by atoms with Gasteiger partial charge in [-0.15, -0.1) is 0 Å². The summed E-state index contributed by atoms with van der Waals surface area (Å²) in [6.45, 7) is 5.66. The third-order valence-corrected chi connectivity index (χ3v) is 4.84. The lowest BCUT2D eigenvalue weighted by Crippen LogP contribution is -2.62. The summed E-state index contributed by atoms with van der Waals surface area (Å²) in [5.74, 6) is -3.02. The Morgan fingerprint density at radius 2 is 1.31 bits per heavy atom. The predicted molar refractivity (Wildman–Crippen MR) is 122 cm³/mol. The molecule has 11 nitrogen and oxygen atoms in total. The Kier molecular flexibility index (Phi) is 10.6. The van der Waals surface area contributed by atoms with Gasteiger partial charge in [0.25, 0.3) is 0 Å². The third kappa shape index (κ3) is 9.14. The second kappa shape index (κ2) is 13.4. The van der Waals surface area contributed by atoms with Crippen LogP contribution in [0.15, 0.2) is 42.2 Å². The van der Waals surface area contributed by atoms with Gasteiger partial charge in [0, 0.05) is 40.2 Å². The molecule has 0 saturated carbocycles. The van der Waals surface area contributed by atoms with Gasteiger partial charge in [0.15, 0.2) is 18.0 Å². The molecule has 0 bridgehead atoms. The first kappa shape index (κ1) is 28.5. The van der Waals surface area contributed by atoms with Crippen LogP contribution in [-0.2, 0) is 58.8 Å². The average molecular weight is 507 g/mol. The SMILES string of the molecule is CC(=O)OC[C@H]1O[C@@H](O/C(C)=C/C(=O)Cc2ccccc2)[C@H](OC(C)=O)[C@@H](OC(C)=O)[C@H]1OC(C)=O. The van der Waals surface area contributed by atoms with Crippen molar-refractivity contribution in [1.82, 2.24) is 0 Å². The fraction of sp³-hybridized carbons (Fsp3) is 0.480. The number of esters is 4. The van der Waals surface area contributed by atoms with Gasteiger partial charge in [-0.1, -0.05) is 30.3 Å². The molecule has 1 saturated heterocycles. The standard InChI is InChI=1S/C25H30O11/c1-14(11-20(30)12-19-9-7-6-8-10-19)32-25-24(35-18(5)29)23(34-17(4)28)22(33-16(3)27)21(36-25)13-31-15(2)26/h6-11,21-25H,12-13H2,1-5H3/b14-11+/t21-,22+,23+,24-,25-/m1/s1. The number of hydrogen-bond acceptors (Lipinski definition) is 11. The predicted octanol–water partition coefficient (Wildman–Crippen LogP) is 1.80. The minimum atomic E-state index is -1.40. The maximum Gasteiger partial charge on any atom is 0.303 e. The van der Waals surface area contributed by atoms with E-state index in [4.69, 9.17) is 28.4 Å². The lowest BCUT2D eigenvalue weighted by atomic mass is 9.98. The van der Waals surface area contributed by atoms with Gasteiger partial charge in [0.05, 0.1) is 0 Å². The monoisotopic (exact) mass is 506 g/mol. The Balaban J connectivity index is 2.35. The summed E-state index contributed by atoms with van der Waals surface area (Å²) in [7, 11) is 0. The van der Waals surface area contributed by atoms with Crippen molar-refractivity contribution >= 4 is 29.7 Å². The van der Waals surface area contributed by atoms with E-state index in [2.05, 4.69) is 0 Å². The van der Waals surface area contributed by atoms with Crippen LogP contribution >= 0.6 is 0 Å². The van der Waals surface area contributed by atoms with Crippen molar-refractivity contribution in [2.45, 2.75) is 71.7 Å². The highest BCUT2D eigenvalue weighted by molar-refractivity contribution is 5.91. The van der Waals surface area contributed by atoms with Crippen LogP contribution in [-0.4, -0.2) is 67.0 Å². The molecule has 1 aliphatic heterocycles. The fourth-order valence-electron chi connectivity index (χ4n) is 3.58. The van der Waals surface area contributed by atoms with Gasteiger partial charge >= 0.3 is 23.9 Å². The Morgan fingerprint density at radius 1 is 0.750 bits per heavy atom. The highest BCUT2D eigenvalue weighted by Gasteiger charge is 2.53. The van der Waals surface area contributed by atoms with Crippen molar-refractivity contribution in [3.63, 3.8) is 0 Å². The zero-order valence-corrected chi connectivity index (χ0v) is 20.8. The molecule has 1 aliphatic rings. The quantitative estimate of drug-likeness (QED) is 0.198. The third-order valence-electron chi connectivity index (χ3n) is 4.84. The molecule has 0 N–H and O–H groups in total. The molecule has 1 heterocycles. The number of ether oxygens (including phenoxy) is 6. The van der Waals surface area contributed by atoms with Gasteiger partial charge in [-0.2, -0.15) is 0 Å². The van der Waals surface area contributed by atoms with E-state index in [9.17, 15) is 24.0 Å². The van der Waals surface area contributed by atoms with E-state index in [-0.39, 0.29) is 24.6 Å². The molecule has 36 heavy (non-hydrogen) atoms. The highest BCUT2D eigenvalue weighted by atomic mass is 16.7.